The number of nitrogens with zero attached hydrogens (tertiary/aromatic N) is 2. The van der Waals surface area contributed by atoms with Crippen LogP contribution in [0.3, 0.4) is 0 Å². The molecule has 4 nitrogen and oxygen atoms in total. The zero-order valence-corrected chi connectivity index (χ0v) is 8.66. The molecule has 1 aromatic rings. The number of nitrogens with one attached hydrogen (secondary N) is 1. The summed E-state index contributed by atoms with van der Waals surface area (Å²) in [7, 11) is 1.93. The van der Waals surface area contributed by atoms with E-state index < -0.39 is 0 Å². The molecule has 0 unspecified atom stereocenters. The van der Waals surface area contributed by atoms with Crippen LogP contribution in [0.1, 0.15) is 31.2 Å². The molecule has 0 atom stereocenters. The molecule has 0 spiro atoms. The van der Waals surface area contributed by atoms with Gasteiger partial charge in [0.05, 0.1) is 0 Å². The van der Waals surface area contributed by atoms with E-state index in [1.165, 1.54) is 25.7 Å². The van der Waals surface area contributed by atoms with E-state index in [1.807, 2.05) is 17.9 Å². The highest BCUT2D eigenvalue weighted by molar-refractivity contribution is 5.43. The molecule has 0 radical (unpaired) electrons. The van der Waals surface area contributed by atoms with Gasteiger partial charge in [-0.3, -0.25) is 4.68 Å². The highest BCUT2D eigenvalue weighted by Gasteiger charge is 2.17. The van der Waals surface area contributed by atoms with Crippen LogP contribution in [0.5, 0.6) is 0 Å². The Kier molecular flexibility index (Phi) is 2.72. The summed E-state index contributed by atoms with van der Waals surface area (Å²) in [4.78, 5) is 0. The maximum atomic E-state index is 5.64. The molecule has 2 rings (SSSR count). The summed E-state index contributed by atoms with van der Waals surface area (Å²) in [5.74, 6) is 0.974. The predicted octanol–water partition coefficient (Wildman–Crippen LogP) is 1.23. The van der Waals surface area contributed by atoms with Crippen molar-refractivity contribution in [2.75, 3.05) is 5.32 Å². The molecule has 1 heterocycles. The van der Waals surface area contributed by atoms with Crippen molar-refractivity contribution >= 4 is 5.82 Å². The highest BCUT2D eigenvalue weighted by atomic mass is 15.3. The number of rotatable bonds is 3. The minimum atomic E-state index is 0.558. The summed E-state index contributed by atoms with van der Waals surface area (Å²) < 4.78 is 1.82. The monoisotopic (exact) mass is 194 g/mol. The molecule has 0 aromatic carbocycles. The number of aromatic nitrogens is 2. The Labute approximate surface area is 84.5 Å². The molecule has 1 aliphatic rings. The van der Waals surface area contributed by atoms with Crippen LogP contribution < -0.4 is 11.1 Å². The van der Waals surface area contributed by atoms with Crippen molar-refractivity contribution in [3.8, 4) is 0 Å². The predicted molar refractivity (Wildman–Crippen MR) is 57.0 cm³/mol. The molecule has 1 fully saturated rings. The number of hydrogen-bond acceptors (Lipinski definition) is 3. The van der Waals surface area contributed by atoms with E-state index in [4.69, 9.17) is 5.73 Å². The van der Waals surface area contributed by atoms with Gasteiger partial charge in [-0.25, -0.2) is 0 Å². The van der Waals surface area contributed by atoms with Crippen LogP contribution in [0.15, 0.2) is 6.20 Å². The number of anilines is 1. The van der Waals surface area contributed by atoms with Crippen LogP contribution in [-0.4, -0.2) is 15.8 Å². The summed E-state index contributed by atoms with van der Waals surface area (Å²) in [5, 5.41) is 7.84. The van der Waals surface area contributed by atoms with Gasteiger partial charge < -0.3 is 11.1 Å². The molecule has 0 amide bonds. The number of hydrogen-bond donors (Lipinski definition) is 2. The first-order valence-corrected chi connectivity index (χ1v) is 5.28. The molecule has 1 aliphatic carbocycles. The summed E-state index contributed by atoms with van der Waals surface area (Å²) in [5.41, 5.74) is 6.76. The highest BCUT2D eigenvalue weighted by Crippen LogP contribution is 2.23. The van der Waals surface area contributed by atoms with Crippen LogP contribution >= 0.6 is 0 Å². The van der Waals surface area contributed by atoms with Crippen molar-refractivity contribution in [3.63, 3.8) is 0 Å². The maximum absolute atomic E-state index is 5.64. The Bertz CT molecular complexity index is 299. The average Bonchev–Trinajstić information content (AvgIpc) is 2.76. The van der Waals surface area contributed by atoms with Crippen molar-refractivity contribution in [2.24, 2.45) is 12.8 Å². The lowest BCUT2D eigenvalue weighted by atomic mass is 10.2. The fourth-order valence-electron chi connectivity index (χ4n) is 2.07. The summed E-state index contributed by atoms with van der Waals surface area (Å²) in [6.45, 7) is 0.558. The van der Waals surface area contributed by atoms with E-state index in [1.54, 1.807) is 0 Å². The van der Waals surface area contributed by atoms with Gasteiger partial charge in [0.1, 0.15) is 0 Å². The van der Waals surface area contributed by atoms with E-state index >= 15 is 0 Å². The minimum Gasteiger partial charge on any atom is -0.366 e. The van der Waals surface area contributed by atoms with Gasteiger partial charge in [0.15, 0.2) is 5.82 Å². The Morgan fingerprint density at radius 2 is 2.29 bits per heavy atom. The summed E-state index contributed by atoms with van der Waals surface area (Å²) in [6, 6.07) is 0.607. The Balaban J connectivity index is 2.06. The number of aryl methyl sites for hydroxylation is 1. The zero-order valence-electron chi connectivity index (χ0n) is 8.66. The first kappa shape index (κ1) is 9.52. The second-order valence-corrected chi connectivity index (χ2v) is 4.01. The van der Waals surface area contributed by atoms with Gasteiger partial charge in [-0.1, -0.05) is 12.8 Å². The van der Waals surface area contributed by atoms with Gasteiger partial charge in [0, 0.05) is 31.4 Å². The first-order chi connectivity index (χ1) is 6.79. The lowest BCUT2D eigenvalue weighted by Gasteiger charge is -2.11. The average molecular weight is 194 g/mol. The molecule has 4 heteroatoms. The second-order valence-electron chi connectivity index (χ2n) is 4.01. The Morgan fingerprint density at radius 3 is 2.93 bits per heavy atom. The van der Waals surface area contributed by atoms with Gasteiger partial charge in [0.2, 0.25) is 0 Å². The van der Waals surface area contributed by atoms with Crippen molar-refractivity contribution in [2.45, 2.75) is 38.3 Å². The molecule has 3 N–H and O–H groups in total. The van der Waals surface area contributed by atoms with Crippen LogP contribution in [0.2, 0.25) is 0 Å². The number of nitrogens with two attached hydrogens (primary N) is 1. The Morgan fingerprint density at radius 1 is 1.57 bits per heavy atom. The second kappa shape index (κ2) is 4.00. The fraction of sp³-hybridized carbons (Fsp3) is 0.700. The largest absolute Gasteiger partial charge is 0.366 e. The summed E-state index contributed by atoms with van der Waals surface area (Å²) in [6.07, 6.45) is 7.18. The van der Waals surface area contributed by atoms with Gasteiger partial charge in [-0.05, 0) is 12.8 Å². The van der Waals surface area contributed by atoms with Gasteiger partial charge in [-0.15, -0.1) is 0 Å². The van der Waals surface area contributed by atoms with Crippen molar-refractivity contribution in [1.29, 1.82) is 0 Å². The molecule has 1 aromatic heterocycles. The molecule has 0 aliphatic heterocycles. The minimum absolute atomic E-state index is 0.558. The molecular weight excluding hydrogens is 176 g/mol. The molecule has 1 saturated carbocycles. The van der Waals surface area contributed by atoms with E-state index in [0.717, 1.165) is 11.4 Å². The van der Waals surface area contributed by atoms with Gasteiger partial charge in [0.25, 0.3) is 0 Å². The molecule has 0 bridgehead atoms. The smallest absolute Gasteiger partial charge is 0.152 e. The topological polar surface area (TPSA) is 55.9 Å². The molecular formula is C10H18N4. The standard InChI is InChI=1S/C10H18N4/c1-14-7-8(6-11)10(13-14)12-9-4-2-3-5-9/h7,9H,2-6,11H2,1H3,(H,12,13). The van der Waals surface area contributed by atoms with E-state index in [0.29, 0.717) is 12.6 Å². The lowest BCUT2D eigenvalue weighted by molar-refractivity contribution is 0.728. The maximum Gasteiger partial charge on any atom is 0.152 e. The third kappa shape index (κ3) is 1.90. The van der Waals surface area contributed by atoms with Crippen LogP contribution in [0.25, 0.3) is 0 Å². The van der Waals surface area contributed by atoms with Gasteiger partial charge in [-0.2, -0.15) is 5.10 Å². The third-order valence-electron chi connectivity index (χ3n) is 2.82. The van der Waals surface area contributed by atoms with Crippen molar-refractivity contribution < 1.29 is 0 Å². The fourth-order valence-corrected chi connectivity index (χ4v) is 2.07. The third-order valence-corrected chi connectivity index (χ3v) is 2.82. The van der Waals surface area contributed by atoms with E-state index in [9.17, 15) is 0 Å². The van der Waals surface area contributed by atoms with Crippen LogP contribution in [0, 0.1) is 0 Å². The van der Waals surface area contributed by atoms with Crippen LogP contribution in [0.4, 0.5) is 5.82 Å². The van der Waals surface area contributed by atoms with Crippen LogP contribution in [-0.2, 0) is 13.6 Å². The SMILES string of the molecule is Cn1cc(CN)c(NC2CCCC2)n1. The molecule has 78 valence electrons. The first-order valence-electron chi connectivity index (χ1n) is 5.28. The van der Waals surface area contributed by atoms with Crippen molar-refractivity contribution in [3.05, 3.63) is 11.8 Å². The van der Waals surface area contributed by atoms with Gasteiger partial charge >= 0.3 is 0 Å². The normalized spacial score (nSPS) is 17.6. The summed E-state index contributed by atoms with van der Waals surface area (Å²) >= 11 is 0. The van der Waals surface area contributed by atoms with E-state index in [-0.39, 0.29) is 0 Å². The lowest BCUT2D eigenvalue weighted by Crippen LogP contribution is -2.16. The van der Waals surface area contributed by atoms with Crippen molar-refractivity contribution in [1.82, 2.24) is 9.78 Å². The molecule has 14 heavy (non-hydrogen) atoms. The van der Waals surface area contributed by atoms with E-state index in [2.05, 4.69) is 10.4 Å². The Hall–Kier alpha value is -1.03. The molecule has 0 saturated heterocycles. The zero-order chi connectivity index (χ0) is 9.97. The quantitative estimate of drug-likeness (QED) is 0.761.